The molecule has 0 atom stereocenters. The average Bonchev–Trinajstić information content (AvgIpc) is 2.57. The Bertz CT molecular complexity index is 595. The third-order valence-corrected chi connectivity index (χ3v) is 4.51. The van der Waals surface area contributed by atoms with E-state index in [9.17, 15) is 13.2 Å². The number of benzene rings is 1. The van der Waals surface area contributed by atoms with Crippen molar-refractivity contribution in [1.82, 2.24) is 0 Å². The minimum absolute atomic E-state index is 0.287. The minimum atomic E-state index is -4.52. The molecular formula is C15H17BClF3O2. The van der Waals surface area contributed by atoms with Gasteiger partial charge in [-0.25, -0.2) is 0 Å². The number of alkyl halides is 3. The maximum Gasteiger partial charge on any atom is 0.494 e. The summed E-state index contributed by atoms with van der Waals surface area (Å²) in [5, 5.41) is -0.349. The van der Waals surface area contributed by atoms with Gasteiger partial charge in [-0.3, -0.25) is 0 Å². The highest BCUT2D eigenvalue weighted by molar-refractivity contribution is 6.68. The van der Waals surface area contributed by atoms with Gasteiger partial charge in [-0.15, -0.1) is 0 Å². The van der Waals surface area contributed by atoms with Crippen LogP contribution in [0.4, 0.5) is 13.2 Å². The lowest BCUT2D eigenvalue weighted by atomic mass is 9.75. The Labute approximate surface area is 133 Å². The maximum absolute atomic E-state index is 12.9. The number of halogens is 4. The van der Waals surface area contributed by atoms with E-state index >= 15 is 0 Å². The summed E-state index contributed by atoms with van der Waals surface area (Å²) in [6, 6.07) is 3.65. The lowest BCUT2D eigenvalue weighted by Gasteiger charge is -2.32. The molecular weight excluding hydrogens is 315 g/mol. The third kappa shape index (κ3) is 3.05. The predicted molar refractivity (Wildman–Crippen MR) is 81.6 cm³/mol. The first-order valence-electron chi connectivity index (χ1n) is 6.77. The van der Waals surface area contributed by atoms with Gasteiger partial charge in [0.2, 0.25) is 0 Å². The molecule has 0 radical (unpaired) electrons. The number of hydrogen-bond donors (Lipinski definition) is 0. The van der Waals surface area contributed by atoms with Crippen LogP contribution in [0.25, 0.3) is 5.47 Å². The van der Waals surface area contributed by atoms with Gasteiger partial charge < -0.3 is 9.31 Å². The van der Waals surface area contributed by atoms with E-state index in [1.165, 1.54) is 12.1 Å². The van der Waals surface area contributed by atoms with E-state index in [2.05, 4.69) is 6.58 Å². The van der Waals surface area contributed by atoms with Gasteiger partial charge in [-0.1, -0.05) is 24.2 Å². The zero-order chi connectivity index (χ0) is 16.9. The molecule has 2 rings (SSSR count). The van der Waals surface area contributed by atoms with E-state index in [0.717, 1.165) is 6.07 Å². The predicted octanol–water partition coefficient (Wildman–Crippen LogP) is 5.00. The summed E-state index contributed by atoms with van der Waals surface area (Å²) in [5.41, 5.74) is -1.44. The highest BCUT2D eigenvalue weighted by atomic mass is 35.5. The molecule has 2 nitrogen and oxygen atoms in total. The van der Waals surface area contributed by atoms with Crippen LogP contribution in [0.5, 0.6) is 0 Å². The van der Waals surface area contributed by atoms with Crippen molar-refractivity contribution in [2.45, 2.75) is 45.1 Å². The highest BCUT2D eigenvalue weighted by Crippen LogP contribution is 2.41. The highest BCUT2D eigenvalue weighted by Gasteiger charge is 2.52. The molecule has 1 fully saturated rings. The van der Waals surface area contributed by atoms with Crippen molar-refractivity contribution in [3.63, 3.8) is 0 Å². The summed E-state index contributed by atoms with van der Waals surface area (Å²) >= 11 is 5.62. The molecule has 120 valence electrons. The zero-order valence-electron chi connectivity index (χ0n) is 12.8. The summed E-state index contributed by atoms with van der Waals surface area (Å²) in [7, 11) is -0.799. The van der Waals surface area contributed by atoms with E-state index in [4.69, 9.17) is 20.9 Å². The SMILES string of the molecule is C=C(B1OC(C)(C)C(C)(C)O1)c1ccc(Cl)c(C(F)(F)F)c1. The first-order chi connectivity index (χ1) is 9.85. The largest absolute Gasteiger partial charge is 0.494 e. The Morgan fingerprint density at radius 3 is 2.09 bits per heavy atom. The molecule has 7 heteroatoms. The van der Waals surface area contributed by atoms with E-state index < -0.39 is 30.1 Å². The molecule has 0 saturated carbocycles. The van der Waals surface area contributed by atoms with Gasteiger partial charge in [0.25, 0.3) is 0 Å². The van der Waals surface area contributed by atoms with Gasteiger partial charge in [0.1, 0.15) is 0 Å². The van der Waals surface area contributed by atoms with Crippen molar-refractivity contribution in [2.24, 2.45) is 0 Å². The van der Waals surface area contributed by atoms with Crippen LogP contribution >= 0.6 is 11.6 Å². The Kier molecular flexibility index (Phi) is 4.18. The van der Waals surface area contributed by atoms with Gasteiger partial charge >= 0.3 is 13.3 Å². The van der Waals surface area contributed by atoms with E-state index in [-0.39, 0.29) is 10.6 Å². The second kappa shape index (κ2) is 5.29. The van der Waals surface area contributed by atoms with Crippen LogP contribution in [0, 0.1) is 0 Å². The lowest BCUT2D eigenvalue weighted by Crippen LogP contribution is -2.41. The lowest BCUT2D eigenvalue weighted by molar-refractivity contribution is -0.137. The van der Waals surface area contributed by atoms with Crippen molar-refractivity contribution < 1.29 is 22.5 Å². The molecule has 0 amide bonds. The summed E-state index contributed by atoms with van der Waals surface area (Å²) < 4.78 is 50.4. The molecule has 1 aromatic rings. The Morgan fingerprint density at radius 2 is 1.64 bits per heavy atom. The molecule has 0 aliphatic carbocycles. The van der Waals surface area contributed by atoms with E-state index in [1.807, 2.05) is 27.7 Å². The zero-order valence-corrected chi connectivity index (χ0v) is 13.6. The summed E-state index contributed by atoms with van der Waals surface area (Å²) in [6.07, 6.45) is -4.52. The van der Waals surface area contributed by atoms with Gasteiger partial charge in [-0.05, 0) is 50.9 Å². The van der Waals surface area contributed by atoms with Crippen LogP contribution in [-0.2, 0) is 15.5 Å². The van der Waals surface area contributed by atoms with Crippen molar-refractivity contribution >= 4 is 24.2 Å². The first kappa shape index (κ1) is 17.4. The number of hydrogen-bond acceptors (Lipinski definition) is 2. The van der Waals surface area contributed by atoms with Crippen LogP contribution in [-0.4, -0.2) is 18.3 Å². The maximum atomic E-state index is 12.9. The molecule has 1 heterocycles. The van der Waals surface area contributed by atoms with Crippen molar-refractivity contribution in [3.8, 4) is 0 Å². The van der Waals surface area contributed by atoms with Crippen LogP contribution < -0.4 is 0 Å². The van der Waals surface area contributed by atoms with Crippen molar-refractivity contribution in [2.75, 3.05) is 0 Å². The van der Waals surface area contributed by atoms with Crippen LogP contribution in [0.3, 0.4) is 0 Å². The number of rotatable bonds is 2. The summed E-state index contributed by atoms with van der Waals surface area (Å²) in [4.78, 5) is 0. The fraction of sp³-hybridized carbons (Fsp3) is 0.467. The third-order valence-electron chi connectivity index (χ3n) is 4.18. The molecule has 1 aromatic carbocycles. The van der Waals surface area contributed by atoms with Crippen molar-refractivity contribution in [3.05, 3.63) is 40.9 Å². The normalized spacial score (nSPS) is 20.3. The van der Waals surface area contributed by atoms with Crippen LogP contribution in [0.15, 0.2) is 24.8 Å². The molecule has 1 aliphatic heterocycles. The second-order valence-electron chi connectivity index (χ2n) is 6.31. The molecule has 1 saturated heterocycles. The fourth-order valence-corrected chi connectivity index (χ4v) is 2.29. The summed E-state index contributed by atoms with van der Waals surface area (Å²) in [5.74, 6) is 0. The van der Waals surface area contributed by atoms with Gasteiger partial charge in [-0.2, -0.15) is 13.2 Å². The topological polar surface area (TPSA) is 18.5 Å². The quantitative estimate of drug-likeness (QED) is 0.709. The Morgan fingerprint density at radius 1 is 1.14 bits per heavy atom. The first-order valence-corrected chi connectivity index (χ1v) is 7.14. The smallest absolute Gasteiger partial charge is 0.399 e. The molecule has 0 spiro atoms. The van der Waals surface area contributed by atoms with E-state index in [1.54, 1.807) is 0 Å². The second-order valence-corrected chi connectivity index (χ2v) is 6.71. The molecule has 22 heavy (non-hydrogen) atoms. The molecule has 0 aromatic heterocycles. The molecule has 1 aliphatic rings. The van der Waals surface area contributed by atoms with Crippen LogP contribution in [0.2, 0.25) is 5.02 Å². The standard InChI is InChI=1S/C15H17BClF3O2/c1-9(16-21-13(2,3)14(4,5)22-16)10-6-7-12(17)11(8-10)15(18,19)20/h6-8H,1H2,2-5H3. The minimum Gasteiger partial charge on any atom is -0.399 e. The molecule has 0 N–H and O–H groups in total. The monoisotopic (exact) mass is 332 g/mol. The summed E-state index contributed by atoms with van der Waals surface area (Å²) in [6.45, 7) is 11.3. The van der Waals surface area contributed by atoms with E-state index in [0.29, 0.717) is 5.47 Å². The average molecular weight is 333 g/mol. The van der Waals surface area contributed by atoms with Gasteiger partial charge in [0.05, 0.1) is 21.8 Å². The molecule has 0 unspecified atom stereocenters. The Hall–Kier alpha value is -0.975. The van der Waals surface area contributed by atoms with Crippen LogP contribution in [0.1, 0.15) is 38.8 Å². The molecule has 0 bridgehead atoms. The van der Waals surface area contributed by atoms with Crippen molar-refractivity contribution in [1.29, 1.82) is 0 Å². The van der Waals surface area contributed by atoms with Gasteiger partial charge in [0.15, 0.2) is 0 Å². The fourth-order valence-electron chi connectivity index (χ4n) is 2.06. The Balaban J connectivity index is 2.33. The van der Waals surface area contributed by atoms with Gasteiger partial charge in [0, 0.05) is 0 Å².